The van der Waals surface area contributed by atoms with E-state index in [4.69, 9.17) is 11.1 Å². The van der Waals surface area contributed by atoms with E-state index in [9.17, 15) is 0 Å². The summed E-state index contributed by atoms with van der Waals surface area (Å²) in [4.78, 5) is 5.35. The Morgan fingerprint density at radius 2 is 1.00 bits per heavy atom. The predicted molar refractivity (Wildman–Crippen MR) is 77.0 cm³/mol. The third-order valence-corrected chi connectivity index (χ3v) is 2.67. The SMILES string of the molecule is [N-]=[N+]=NC=c1ccc(=c2ccc(=CN=[N+]=[N-])cc2)cc1. The van der Waals surface area contributed by atoms with Gasteiger partial charge in [-0.3, -0.25) is 0 Å². The first-order valence-electron chi connectivity index (χ1n) is 5.79. The van der Waals surface area contributed by atoms with E-state index < -0.39 is 0 Å². The van der Waals surface area contributed by atoms with Crippen molar-refractivity contribution >= 4 is 12.4 Å². The second-order valence-corrected chi connectivity index (χ2v) is 3.91. The Hall–Kier alpha value is -3.20. The summed E-state index contributed by atoms with van der Waals surface area (Å²) >= 11 is 0. The number of nitrogens with zero attached hydrogens (tertiary/aromatic N) is 6. The molecule has 0 atom stereocenters. The fourth-order valence-electron chi connectivity index (χ4n) is 1.71. The molecule has 20 heavy (non-hydrogen) atoms. The number of azide groups is 2. The molecule has 0 fully saturated rings. The quantitative estimate of drug-likeness (QED) is 0.451. The maximum absolute atomic E-state index is 8.24. The van der Waals surface area contributed by atoms with E-state index in [1.807, 2.05) is 48.5 Å². The number of benzene rings is 2. The lowest BCUT2D eigenvalue weighted by Gasteiger charge is -1.90. The second kappa shape index (κ2) is 6.66. The molecule has 0 amide bonds. The first-order valence-corrected chi connectivity index (χ1v) is 5.79. The molecular formula is C14H10N6. The maximum atomic E-state index is 8.24. The predicted octanol–water partition coefficient (Wildman–Crippen LogP) is 3.07. The Balaban J connectivity index is 2.53. The third kappa shape index (κ3) is 3.40. The molecule has 0 aromatic heterocycles. The van der Waals surface area contributed by atoms with Crippen LogP contribution in [0.25, 0.3) is 33.3 Å². The number of hydrogen-bond donors (Lipinski definition) is 0. The van der Waals surface area contributed by atoms with Crippen LogP contribution in [0.5, 0.6) is 0 Å². The van der Waals surface area contributed by atoms with Crippen LogP contribution in [-0.4, -0.2) is 0 Å². The fourth-order valence-corrected chi connectivity index (χ4v) is 1.71. The zero-order valence-corrected chi connectivity index (χ0v) is 10.5. The van der Waals surface area contributed by atoms with Crippen molar-refractivity contribution in [1.82, 2.24) is 0 Å². The van der Waals surface area contributed by atoms with Gasteiger partial charge in [-0.2, -0.15) is 0 Å². The summed E-state index contributed by atoms with van der Waals surface area (Å²) in [6.45, 7) is 0. The summed E-state index contributed by atoms with van der Waals surface area (Å²) < 4.78 is 0. The summed E-state index contributed by atoms with van der Waals surface area (Å²) in [6, 6.07) is 15.3. The van der Waals surface area contributed by atoms with Crippen LogP contribution in [0.1, 0.15) is 0 Å². The second-order valence-electron chi connectivity index (χ2n) is 3.91. The van der Waals surface area contributed by atoms with E-state index in [-0.39, 0.29) is 0 Å². The number of rotatable bonds is 2. The lowest BCUT2D eigenvalue weighted by Crippen LogP contribution is -1.97. The van der Waals surface area contributed by atoms with Crippen molar-refractivity contribution in [2.75, 3.05) is 0 Å². The zero-order valence-electron chi connectivity index (χ0n) is 10.5. The van der Waals surface area contributed by atoms with Crippen molar-refractivity contribution in [3.05, 3.63) is 90.3 Å². The van der Waals surface area contributed by atoms with Crippen LogP contribution in [0.3, 0.4) is 0 Å². The summed E-state index contributed by atoms with van der Waals surface area (Å²) in [5.74, 6) is 0. The van der Waals surface area contributed by atoms with Crippen molar-refractivity contribution in [2.45, 2.75) is 0 Å². The minimum atomic E-state index is 0.847. The van der Waals surface area contributed by atoms with Gasteiger partial charge < -0.3 is 0 Å². The molecule has 6 nitrogen and oxygen atoms in total. The van der Waals surface area contributed by atoms with Gasteiger partial charge in [0, 0.05) is 22.2 Å². The lowest BCUT2D eigenvalue weighted by molar-refractivity contribution is 1.43. The largest absolute Gasteiger partial charge is 0.0680 e. The van der Waals surface area contributed by atoms with Crippen molar-refractivity contribution in [3.63, 3.8) is 0 Å². The van der Waals surface area contributed by atoms with Gasteiger partial charge in [-0.05, 0) is 31.9 Å². The molecule has 0 saturated carbocycles. The van der Waals surface area contributed by atoms with E-state index >= 15 is 0 Å². The van der Waals surface area contributed by atoms with Crippen molar-refractivity contribution < 1.29 is 0 Å². The molecule has 0 radical (unpaired) electrons. The molecule has 96 valence electrons. The molecule has 0 saturated heterocycles. The Morgan fingerprint density at radius 1 is 0.650 bits per heavy atom. The van der Waals surface area contributed by atoms with Gasteiger partial charge in [0.2, 0.25) is 0 Å². The monoisotopic (exact) mass is 262 g/mol. The molecular weight excluding hydrogens is 252 g/mol. The van der Waals surface area contributed by atoms with Gasteiger partial charge in [-0.15, -0.1) is 0 Å². The Bertz CT molecular complexity index is 795. The molecule has 2 aromatic carbocycles. The van der Waals surface area contributed by atoms with Gasteiger partial charge >= 0.3 is 0 Å². The van der Waals surface area contributed by atoms with Crippen molar-refractivity contribution in [2.24, 2.45) is 10.2 Å². The van der Waals surface area contributed by atoms with Crippen LogP contribution in [-0.2, 0) is 0 Å². The molecule has 2 aromatic rings. The van der Waals surface area contributed by atoms with Gasteiger partial charge in [-0.1, -0.05) is 58.8 Å². The molecule has 0 heterocycles. The Kier molecular flexibility index (Phi) is 4.41. The molecule has 0 unspecified atom stereocenters. The molecule has 0 bridgehead atoms. The van der Waals surface area contributed by atoms with Crippen LogP contribution in [0.4, 0.5) is 0 Å². The van der Waals surface area contributed by atoms with E-state index in [0.29, 0.717) is 0 Å². The van der Waals surface area contributed by atoms with Crippen LogP contribution in [0.15, 0.2) is 58.8 Å². The molecule has 0 aliphatic carbocycles. The van der Waals surface area contributed by atoms with E-state index in [0.717, 1.165) is 20.9 Å². The lowest BCUT2D eigenvalue weighted by atomic mass is 10.2. The first-order chi connectivity index (χ1) is 9.83. The molecule has 0 N–H and O–H groups in total. The minimum absolute atomic E-state index is 0.847. The molecule has 0 spiro atoms. The van der Waals surface area contributed by atoms with E-state index in [1.54, 1.807) is 0 Å². The molecule has 6 heteroatoms. The standard InChI is InChI=1S/C14H10N6/c15-19-17-9-11-1-5-13(6-2-11)14-7-3-12(4-8-14)10-18-20-16/h1-10H. The van der Waals surface area contributed by atoms with Gasteiger partial charge in [0.15, 0.2) is 0 Å². The summed E-state index contributed by atoms with van der Waals surface area (Å²) in [7, 11) is 0. The van der Waals surface area contributed by atoms with Crippen LogP contribution in [0, 0.1) is 10.4 Å². The molecule has 0 aliphatic heterocycles. The van der Waals surface area contributed by atoms with Gasteiger partial charge in [0.25, 0.3) is 0 Å². The van der Waals surface area contributed by atoms with E-state index in [1.165, 1.54) is 12.4 Å². The Labute approximate surface area is 113 Å². The third-order valence-electron chi connectivity index (χ3n) is 2.67. The molecule has 2 rings (SSSR count). The van der Waals surface area contributed by atoms with Crippen molar-refractivity contribution in [3.8, 4) is 0 Å². The average Bonchev–Trinajstić information content (AvgIpc) is 2.52. The highest BCUT2D eigenvalue weighted by Crippen LogP contribution is 1.93. The highest BCUT2D eigenvalue weighted by molar-refractivity contribution is 5.26. The van der Waals surface area contributed by atoms with Gasteiger partial charge in [-0.25, -0.2) is 0 Å². The summed E-state index contributed by atoms with van der Waals surface area (Å²) in [5.41, 5.74) is 16.5. The fraction of sp³-hybridized carbons (Fsp3) is 0. The van der Waals surface area contributed by atoms with Crippen LogP contribution in [0.2, 0.25) is 0 Å². The summed E-state index contributed by atoms with van der Waals surface area (Å²) in [5, 5.41) is 10.6. The Morgan fingerprint density at radius 3 is 1.30 bits per heavy atom. The van der Waals surface area contributed by atoms with Crippen LogP contribution < -0.4 is 10.4 Å². The minimum Gasteiger partial charge on any atom is -0.0680 e. The molecule has 0 aliphatic rings. The van der Waals surface area contributed by atoms with Gasteiger partial charge in [0.05, 0.1) is 0 Å². The van der Waals surface area contributed by atoms with E-state index in [2.05, 4.69) is 20.1 Å². The van der Waals surface area contributed by atoms with Gasteiger partial charge in [0.1, 0.15) is 0 Å². The topological polar surface area (TPSA) is 97.5 Å². The zero-order chi connectivity index (χ0) is 14.2. The normalized spacial score (nSPS) is 9.00. The highest BCUT2D eigenvalue weighted by Gasteiger charge is 1.84. The first kappa shape index (κ1) is 13.2. The highest BCUT2D eigenvalue weighted by atomic mass is 15.1. The smallest absolute Gasteiger partial charge is 0.00816 e. The average molecular weight is 262 g/mol. The van der Waals surface area contributed by atoms with Crippen molar-refractivity contribution in [1.29, 1.82) is 0 Å². The maximum Gasteiger partial charge on any atom is 0.00816 e. The number of hydrogen-bond acceptors (Lipinski definition) is 2. The van der Waals surface area contributed by atoms with Crippen LogP contribution >= 0.6 is 0 Å². The summed E-state index contributed by atoms with van der Waals surface area (Å²) in [6.07, 6.45) is 2.92.